The molecule has 0 atom stereocenters. The van der Waals surface area contributed by atoms with Gasteiger partial charge in [-0.25, -0.2) is 0 Å². The fourth-order valence-electron chi connectivity index (χ4n) is 2.24. The van der Waals surface area contributed by atoms with E-state index < -0.39 is 0 Å². The average Bonchev–Trinajstić information content (AvgIpc) is 3.00. The lowest BCUT2D eigenvalue weighted by Gasteiger charge is -2.09. The fraction of sp³-hybridized carbons (Fsp3) is 0.105. The highest BCUT2D eigenvalue weighted by molar-refractivity contribution is 7.13. The smallest absolute Gasteiger partial charge is 0.153 e. The first-order valence-corrected chi connectivity index (χ1v) is 7.95. The van der Waals surface area contributed by atoms with Crippen molar-refractivity contribution in [3.63, 3.8) is 0 Å². The van der Waals surface area contributed by atoms with Crippen LogP contribution in [0.25, 0.3) is 10.4 Å². The Kier molecular flexibility index (Phi) is 4.35. The number of ether oxygens (including phenoxy) is 1. The molecule has 1 aromatic heterocycles. The third kappa shape index (κ3) is 3.26. The van der Waals surface area contributed by atoms with E-state index in [1.54, 1.807) is 11.3 Å². The van der Waals surface area contributed by atoms with Crippen LogP contribution in [-0.2, 0) is 6.61 Å². The minimum absolute atomic E-state index is 0.457. The number of thiophene rings is 1. The van der Waals surface area contributed by atoms with Crippen LogP contribution in [0.1, 0.15) is 21.5 Å². The van der Waals surface area contributed by atoms with Crippen molar-refractivity contribution in [3.8, 4) is 16.2 Å². The van der Waals surface area contributed by atoms with Crippen LogP contribution in [0, 0.1) is 6.92 Å². The van der Waals surface area contributed by atoms with Crippen LogP contribution in [0.2, 0.25) is 0 Å². The van der Waals surface area contributed by atoms with Crippen LogP contribution in [-0.4, -0.2) is 6.29 Å². The second kappa shape index (κ2) is 6.58. The van der Waals surface area contributed by atoms with Gasteiger partial charge in [0.2, 0.25) is 0 Å². The molecule has 0 aliphatic rings. The number of hydrogen-bond acceptors (Lipinski definition) is 3. The first-order chi connectivity index (χ1) is 10.8. The van der Waals surface area contributed by atoms with Crippen molar-refractivity contribution in [3.05, 3.63) is 76.7 Å². The Balaban J connectivity index is 1.82. The van der Waals surface area contributed by atoms with Crippen LogP contribution < -0.4 is 4.74 Å². The van der Waals surface area contributed by atoms with Crippen LogP contribution in [0.5, 0.6) is 5.75 Å². The molecule has 0 radical (unpaired) electrons. The zero-order valence-electron chi connectivity index (χ0n) is 12.3. The first-order valence-electron chi connectivity index (χ1n) is 7.08. The van der Waals surface area contributed by atoms with Gasteiger partial charge in [-0.1, -0.05) is 30.3 Å². The second-order valence-corrected chi connectivity index (χ2v) is 6.04. The molecule has 0 saturated heterocycles. The third-order valence-electron chi connectivity index (χ3n) is 3.39. The number of hydrogen-bond donors (Lipinski definition) is 0. The van der Waals surface area contributed by atoms with Gasteiger partial charge in [0.05, 0.1) is 5.56 Å². The standard InChI is InChI=1S/C19H16O2S/c1-14-9-19(22-13-14)16-7-8-18(17(10-16)11-20)21-12-15-5-3-2-4-6-15/h2-11,13H,12H2,1H3. The van der Waals surface area contributed by atoms with Crippen molar-refractivity contribution in [2.45, 2.75) is 13.5 Å². The molecule has 2 aromatic carbocycles. The lowest BCUT2D eigenvalue weighted by molar-refractivity contribution is 0.111. The maximum atomic E-state index is 11.4. The Morgan fingerprint density at radius 2 is 1.91 bits per heavy atom. The number of carbonyl (C=O) groups excluding carboxylic acids is 1. The van der Waals surface area contributed by atoms with Gasteiger partial charge < -0.3 is 4.74 Å². The molecule has 3 heteroatoms. The third-order valence-corrected chi connectivity index (χ3v) is 4.49. The van der Waals surface area contributed by atoms with Gasteiger partial charge in [0.15, 0.2) is 6.29 Å². The lowest BCUT2D eigenvalue weighted by Crippen LogP contribution is -1.98. The van der Waals surface area contributed by atoms with Gasteiger partial charge in [-0.2, -0.15) is 0 Å². The first kappa shape index (κ1) is 14.5. The molecule has 0 spiro atoms. The van der Waals surface area contributed by atoms with Crippen LogP contribution >= 0.6 is 11.3 Å². The van der Waals surface area contributed by atoms with Crippen molar-refractivity contribution >= 4 is 17.6 Å². The van der Waals surface area contributed by atoms with Gasteiger partial charge >= 0.3 is 0 Å². The van der Waals surface area contributed by atoms with E-state index in [4.69, 9.17) is 4.74 Å². The molecule has 0 aliphatic carbocycles. The molecule has 0 N–H and O–H groups in total. The van der Waals surface area contributed by atoms with Crippen LogP contribution in [0.15, 0.2) is 60.0 Å². The van der Waals surface area contributed by atoms with E-state index in [1.165, 1.54) is 5.56 Å². The fourth-order valence-corrected chi connectivity index (χ4v) is 3.14. The molecule has 1 heterocycles. The molecule has 0 bridgehead atoms. The Bertz CT molecular complexity index is 775. The van der Waals surface area contributed by atoms with Crippen molar-refractivity contribution in [2.75, 3.05) is 0 Å². The summed E-state index contributed by atoms with van der Waals surface area (Å²) in [6.07, 6.45) is 0.851. The molecule has 3 rings (SSSR count). The minimum Gasteiger partial charge on any atom is -0.488 e. The van der Waals surface area contributed by atoms with Crippen molar-refractivity contribution in [1.82, 2.24) is 0 Å². The van der Waals surface area contributed by atoms with Crippen LogP contribution in [0.4, 0.5) is 0 Å². The Hall–Kier alpha value is -2.39. The van der Waals surface area contributed by atoms with E-state index >= 15 is 0 Å². The van der Waals surface area contributed by atoms with Crippen molar-refractivity contribution in [1.29, 1.82) is 0 Å². The molecule has 3 aromatic rings. The maximum absolute atomic E-state index is 11.4. The number of benzene rings is 2. The zero-order chi connectivity index (χ0) is 15.4. The van der Waals surface area contributed by atoms with Gasteiger partial charge in [0.25, 0.3) is 0 Å². The number of rotatable bonds is 5. The summed E-state index contributed by atoms with van der Waals surface area (Å²) in [5.74, 6) is 0.621. The molecular weight excluding hydrogens is 292 g/mol. The van der Waals surface area contributed by atoms with E-state index in [2.05, 4.69) is 18.4 Å². The van der Waals surface area contributed by atoms with E-state index in [0.717, 1.165) is 22.3 Å². The summed E-state index contributed by atoms with van der Waals surface area (Å²) >= 11 is 1.68. The highest BCUT2D eigenvalue weighted by Gasteiger charge is 2.08. The molecule has 110 valence electrons. The van der Waals surface area contributed by atoms with Gasteiger partial charge in [0.1, 0.15) is 12.4 Å². The van der Waals surface area contributed by atoms with Crippen LogP contribution in [0.3, 0.4) is 0 Å². The maximum Gasteiger partial charge on any atom is 0.153 e. The van der Waals surface area contributed by atoms with Gasteiger partial charge in [-0.15, -0.1) is 11.3 Å². The lowest BCUT2D eigenvalue weighted by atomic mass is 10.1. The molecular formula is C19H16O2S. The number of carbonyl (C=O) groups is 1. The normalized spacial score (nSPS) is 10.4. The Labute approximate surface area is 134 Å². The summed E-state index contributed by atoms with van der Waals surface area (Å²) in [4.78, 5) is 12.5. The number of aryl methyl sites for hydroxylation is 1. The Morgan fingerprint density at radius 3 is 2.59 bits per heavy atom. The van der Waals surface area contributed by atoms with E-state index in [-0.39, 0.29) is 0 Å². The summed E-state index contributed by atoms with van der Waals surface area (Å²) in [6.45, 7) is 2.52. The van der Waals surface area contributed by atoms with E-state index in [9.17, 15) is 4.79 Å². The predicted molar refractivity (Wildman–Crippen MR) is 90.7 cm³/mol. The highest BCUT2D eigenvalue weighted by Crippen LogP contribution is 2.30. The molecule has 0 amide bonds. The summed E-state index contributed by atoms with van der Waals surface area (Å²) < 4.78 is 5.78. The summed E-state index contributed by atoms with van der Waals surface area (Å²) in [5, 5.41) is 2.11. The minimum atomic E-state index is 0.457. The summed E-state index contributed by atoms with van der Waals surface area (Å²) in [7, 11) is 0. The predicted octanol–water partition coefficient (Wildman–Crippen LogP) is 5.12. The molecule has 0 saturated carbocycles. The molecule has 0 fully saturated rings. The van der Waals surface area contributed by atoms with Crippen molar-refractivity contribution < 1.29 is 9.53 Å². The zero-order valence-corrected chi connectivity index (χ0v) is 13.1. The summed E-state index contributed by atoms with van der Waals surface area (Å²) in [5.41, 5.74) is 3.95. The topological polar surface area (TPSA) is 26.3 Å². The number of aldehydes is 1. The van der Waals surface area contributed by atoms with Gasteiger partial charge in [-0.05, 0) is 53.3 Å². The monoisotopic (exact) mass is 308 g/mol. The highest BCUT2D eigenvalue weighted by atomic mass is 32.1. The van der Waals surface area contributed by atoms with Crippen molar-refractivity contribution in [2.24, 2.45) is 0 Å². The SMILES string of the molecule is Cc1csc(-c2ccc(OCc3ccccc3)c(C=O)c2)c1. The molecule has 0 aliphatic heterocycles. The molecule has 22 heavy (non-hydrogen) atoms. The van der Waals surface area contributed by atoms with E-state index in [0.29, 0.717) is 17.9 Å². The van der Waals surface area contributed by atoms with Gasteiger partial charge in [0, 0.05) is 4.88 Å². The average molecular weight is 308 g/mol. The second-order valence-electron chi connectivity index (χ2n) is 5.13. The molecule has 2 nitrogen and oxygen atoms in total. The van der Waals surface area contributed by atoms with Gasteiger partial charge in [-0.3, -0.25) is 4.79 Å². The van der Waals surface area contributed by atoms with E-state index in [1.807, 2.05) is 48.5 Å². The molecule has 0 unspecified atom stereocenters. The quantitative estimate of drug-likeness (QED) is 0.612. The Morgan fingerprint density at radius 1 is 1.09 bits per heavy atom. The summed E-state index contributed by atoms with van der Waals surface area (Å²) in [6, 6.07) is 17.8. The largest absolute Gasteiger partial charge is 0.488 e.